The molecule has 0 unspecified atom stereocenters. The van der Waals surface area contributed by atoms with Crippen LogP contribution in [0.4, 0.5) is 0 Å². The molecule has 1 radical (unpaired) electrons. The van der Waals surface area contributed by atoms with Crippen LogP contribution in [0, 0.1) is 14.9 Å². The summed E-state index contributed by atoms with van der Waals surface area (Å²) in [5, 5.41) is 0. The van der Waals surface area contributed by atoms with Gasteiger partial charge in [0, 0.05) is 16.8 Å². The Hall–Kier alpha value is -6.01. The van der Waals surface area contributed by atoms with E-state index in [1.165, 1.54) is 0 Å². The number of benzene rings is 4. The van der Waals surface area contributed by atoms with Gasteiger partial charge in [0.25, 0.3) is 0 Å². The molecule has 0 N–H and O–H groups in total. The summed E-state index contributed by atoms with van der Waals surface area (Å²) >= 11 is 0. The van der Waals surface area contributed by atoms with Gasteiger partial charge < -0.3 is 24.8 Å². The maximum Gasteiger partial charge on any atom is 0.0704 e. The second-order valence-electron chi connectivity index (χ2n) is 11.8. The van der Waals surface area contributed by atoms with Crippen LogP contribution in [0.25, 0.3) is 90.9 Å². The van der Waals surface area contributed by atoms with Gasteiger partial charge in [-0.15, -0.1) is 22.1 Å². The number of aromatic nitrogens is 4. The van der Waals surface area contributed by atoms with Gasteiger partial charge in [-0.3, -0.25) is 0 Å². The quantitative estimate of drug-likeness (QED) is 0.171. The molecule has 0 saturated carbocycles. The van der Waals surface area contributed by atoms with Crippen molar-refractivity contribution in [2.45, 2.75) is 0 Å². The van der Waals surface area contributed by atoms with E-state index in [0.29, 0.717) is 0 Å². The summed E-state index contributed by atoms with van der Waals surface area (Å²) in [7, 11) is 0. The summed E-state index contributed by atoms with van der Waals surface area (Å²) in [6.07, 6.45) is 8.41. The zero-order chi connectivity index (χ0) is 31.9. The molecule has 0 atom stereocenters. The Bertz CT molecular complexity index is 2180. The Labute approximate surface area is 309 Å². The normalized spacial score (nSPS) is 11.3. The summed E-state index contributed by atoms with van der Waals surface area (Å²) in [5.74, 6) is 0. The van der Waals surface area contributed by atoms with Crippen molar-refractivity contribution in [1.82, 2.24) is 19.9 Å². The molecule has 0 amide bonds. The van der Waals surface area contributed by atoms with Gasteiger partial charge in [0.2, 0.25) is 0 Å². The van der Waals surface area contributed by atoms with E-state index >= 15 is 0 Å². The Morgan fingerprint density at radius 1 is 0.294 bits per heavy atom. The molecule has 0 fully saturated rings. The first kappa shape index (κ1) is 34.8. The molecule has 0 aliphatic carbocycles. The minimum absolute atomic E-state index is 0. The van der Waals surface area contributed by atoms with Gasteiger partial charge in [0.05, 0.1) is 22.8 Å². The fourth-order valence-corrected chi connectivity index (χ4v) is 6.69. The summed E-state index contributed by atoms with van der Waals surface area (Å²) in [6.45, 7) is 0. The first-order valence-electron chi connectivity index (χ1n) is 16.1. The van der Waals surface area contributed by atoms with Crippen molar-refractivity contribution in [2.75, 3.05) is 0 Å². The van der Waals surface area contributed by atoms with Crippen LogP contribution in [0.5, 0.6) is 0 Å². The van der Waals surface area contributed by atoms with E-state index < -0.39 is 0 Å². The molecule has 51 heavy (non-hydrogen) atoms. The molecule has 251 valence electrons. The van der Waals surface area contributed by atoms with Crippen molar-refractivity contribution >= 4 is 46.4 Å². The number of hydrogen-bond donors (Lipinski definition) is 0. The predicted octanol–water partition coefficient (Wildman–Crippen LogP) is 11.5. The maximum absolute atomic E-state index is 5.31. The third kappa shape index (κ3) is 6.41. The van der Waals surface area contributed by atoms with Crippen molar-refractivity contribution < 1.29 is 16.8 Å². The van der Waals surface area contributed by atoms with Crippen LogP contribution < -0.4 is 9.97 Å². The van der Waals surface area contributed by atoms with Gasteiger partial charge in [-0.05, 0) is 68.8 Å². The van der Waals surface area contributed by atoms with E-state index in [0.717, 1.165) is 89.4 Å². The smallest absolute Gasteiger partial charge is 0.0704 e. The van der Waals surface area contributed by atoms with Crippen molar-refractivity contribution in [3.05, 3.63) is 183 Å². The van der Waals surface area contributed by atoms with Crippen LogP contribution in [0.15, 0.2) is 146 Å². The fourth-order valence-electron chi connectivity index (χ4n) is 6.69. The van der Waals surface area contributed by atoms with Crippen LogP contribution in [0.1, 0.15) is 22.8 Å². The second kappa shape index (κ2) is 14.8. The van der Waals surface area contributed by atoms with Gasteiger partial charge in [0.15, 0.2) is 0 Å². The second-order valence-corrected chi connectivity index (χ2v) is 11.8. The molecule has 2 aliphatic heterocycles. The van der Waals surface area contributed by atoms with Gasteiger partial charge >= 0.3 is 0 Å². The number of hydrogen-bond acceptors (Lipinski definition) is 2. The Morgan fingerprint density at radius 3 is 0.725 bits per heavy atom. The number of nitrogens with zero attached hydrogens (tertiary/aromatic N) is 4. The van der Waals surface area contributed by atoms with Crippen LogP contribution in [0.3, 0.4) is 0 Å². The molecule has 2 aliphatic rings. The van der Waals surface area contributed by atoms with Crippen LogP contribution in [0.2, 0.25) is 0 Å². The monoisotopic (exact) mass is 701 g/mol. The molecule has 8 bridgehead atoms. The minimum atomic E-state index is 0. The van der Waals surface area contributed by atoms with E-state index in [1.54, 1.807) is 0 Å². The van der Waals surface area contributed by atoms with E-state index in [9.17, 15) is 0 Å². The SMILES string of the molecule is C1=Cc2nc1c(-c1ccccc1)c1ccc([n-]1)c(-c1ccccc1)c1nc(c(-c3ccccc3)c3ccc([n-]3)c2-c2ccccc2)C=C1.[CH3-].[CH3-].[Co]. The largest absolute Gasteiger partial charge is 0.657 e. The molecule has 4 aromatic carbocycles. The fraction of sp³-hybridized carbons (Fsp3) is 0. The maximum atomic E-state index is 5.31. The predicted molar refractivity (Wildman–Crippen MR) is 211 cm³/mol. The van der Waals surface area contributed by atoms with Gasteiger partial charge in [-0.1, -0.05) is 146 Å². The van der Waals surface area contributed by atoms with Gasteiger partial charge in [-0.2, -0.15) is 0 Å². The Kier molecular flexibility index (Phi) is 10.1. The first-order chi connectivity index (χ1) is 23.8. The van der Waals surface area contributed by atoms with Crippen molar-refractivity contribution in [3.63, 3.8) is 0 Å². The molecule has 0 saturated heterocycles. The van der Waals surface area contributed by atoms with E-state index in [-0.39, 0.29) is 31.6 Å². The summed E-state index contributed by atoms with van der Waals surface area (Å²) in [4.78, 5) is 21.2. The zero-order valence-electron chi connectivity index (χ0n) is 28.3. The first-order valence-corrected chi connectivity index (χ1v) is 16.1. The topological polar surface area (TPSA) is 54.0 Å². The van der Waals surface area contributed by atoms with Crippen molar-refractivity contribution in [1.29, 1.82) is 0 Å². The van der Waals surface area contributed by atoms with Crippen molar-refractivity contribution in [3.8, 4) is 44.5 Å². The zero-order valence-corrected chi connectivity index (χ0v) is 29.3. The van der Waals surface area contributed by atoms with Crippen LogP contribution >= 0.6 is 0 Å². The average Bonchev–Trinajstić information content (AvgIpc) is 3.98. The van der Waals surface area contributed by atoms with Crippen LogP contribution in [-0.2, 0) is 16.8 Å². The number of rotatable bonds is 4. The van der Waals surface area contributed by atoms with Gasteiger partial charge in [-0.25, -0.2) is 9.97 Å². The summed E-state index contributed by atoms with van der Waals surface area (Å²) < 4.78 is 0. The molecule has 5 heteroatoms. The summed E-state index contributed by atoms with van der Waals surface area (Å²) in [5.41, 5.74) is 15.0. The Morgan fingerprint density at radius 2 is 0.510 bits per heavy atom. The summed E-state index contributed by atoms with van der Waals surface area (Å²) in [6, 6.07) is 50.0. The van der Waals surface area contributed by atoms with Crippen LogP contribution in [-0.4, -0.2) is 9.97 Å². The molecular weight excluding hydrogens is 667 g/mol. The molecule has 0 spiro atoms. The molecule has 4 nitrogen and oxygen atoms in total. The Balaban J connectivity index is 0.00000149. The van der Waals surface area contributed by atoms with E-state index in [4.69, 9.17) is 19.9 Å². The molecular formula is C46H34CoN4-4. The molecule has 7 aromatic rings. The molecule has 9 rings (SSSR count). The third-order valence-corrected chi connectivity index (χ3v) is 8.86. The molecule has 3 aromatic heterocycles. The molecule has 5 heterocycles. The van der Waals surface area contributed by atoms with Gasteiger partial charge in [0.1, 0.15) is 0 Å². The third-order valence-electron chi connectivity index (χ3n) is 8.86. The average molecular weight is 702 g/mol. The van der Waals surface area contributed by atoms with Crippen molar-refractivity contribution in [2.24, 2.45) is 0 Å². The minimum Gasteiger partial charge on any atom is -0.657 e. The number of fused-ring (bicyclic) bond motifs is 8. The van der Waals surface area contributed by atoms with E-state index in [1.807, 2.05) is 24.3 Å². The van der Waals surface area contributed by atoms with E-state index in [2.05, 4.69) is 146 Å². The standard InChI is InChI=1S/C44H28N4.2CH3.Co/c1-5-13-29(14-6-1)41-33-21-23-35(45-33)42(30-15-7-2-8-16-30)37-25-27-39(47-37)44(32-19-11-4-12-20-32)40-28-26-38(48-40)43(31-17-9-3-10-18-31)36-24-22-34(41)46-36;;;/h1-28H;2*1H3;/q-2;2*-1;.